The fourth-order valence-electron chi connectivity index (χ4n) is 2.75. The summed E-state index contributed by atoms with van der Waals surface area (Å²) in [4.78, 5) is 20.3. The number of thiazole rings is 1. The normalized spacial score (nSPS) is 11.0. The van der Waals surface area contributed by atoms with Crippen LogP contribution >= 0.6 is 22.7 Å². The van der Waals surface area contributed by atoms with Gasteiger partial charge in [0, 0.05) is 18.9 Å². The van der Waals surface area contributed by atoms with Crippen molar-refractivity contribution in [3.63, 3.8) is 0 Å². The Morgan fingerprint density at radius 3 is 2.93 bits per heavy atom. The number of carbonyl (C=O) groups excluding carboxylic acids is 1. The first-order chi connectivity index (χ1) is 13.3. The van der Waals surface area contributed by atoms with Crippen LogP contribution in [0.15, 0.2) is 54.2 Å². The lowest BCUT2D eigenvalue weighted by Crippen LogP contribution is -2.33. The highest BCUT2D eigenvalue weighted by atomic mass is 32.1. The average molecular weight is 399 g/mol. The number of rotatable bonds is 7. The molecule has 1 amide bonds. The topological polar surface area (TPSA) is 60.2 Å². The van der Waals surface area contributed by atoms with E-state index in [4.69, 9.17) is 9.72 Å². The SMILES string of the molecule is CCOc1cccc2sc(N(CCn3cccn3)C(=O)c3cccs3)nc12. The van der Waals surface area contributed by atoms with E-state index in [1.807, 2.05) is 59.6 Å². The Balaban J connectivity index is 1.69. The number of fused-ring (bicyclic) bond motifs is 1. The number of ether oxygens (including phenoxy) is 1. The predicted molar refractivity (Wildman–Crippen MR) is 109 cm³/mol. The maximum absolute atomic E-state index is 13.1. The van der Waals surface area contributed by atoms with Crippen molar-refractivity contribution in [2.75, 3.05) is 18.1 Å². The molecule has 1 aromatic carbocycles. The van der Waals surface area contributed by atoms with Gasteiger partial charge in [-0.1, -0.05) is 23.5 Å². The summed E-state index contributed by atoms with van der Waals surface area (Å²) < 4.78 is 8.50. The third-order valence-electron chi connectivity index (χ3n) is 3.99. The van der Waals surface area contributed by atoms with Gasteiger partial charge in [0.2, 0.25) is 0 Å². The van der Waals surface area contributed by atoms with Crippen LogP contribution in [0.4, 0.5) is 5.13 Å². The van der Waals surface area contributed by atoms with E-state index < -0.39 is 0 Å². The second kappa shape index (κ2) is 7.89. The van der Waals surface area contributed by atoms with Crippen LogP contribution in [0.5, 0.6) is 5.75 Å². The minimum atomic E-state index is -0.0471. The number of hydrogen-bond acceptors (Lipinski definition) is 6. The van der Waals surface area contributed by atoms with Crippen molar-refractivity contribution in [2.45, 2.75) is 13.5 Å². The van der Waals surface area contributed by atoms with Crippen LogP contribution in [-0.2, 0) is 6.54 Å². The molecular formula is C19H18N4O2S2. The Bertz CT molecular complexity index is 1030. The molecule has 4 rings (SSSR count). The minimum absolute atomic E-state index is 0.0471. The zero-order valence-electron chi connectivity index (χ0n) is 14.7. The van der Waals surface area contributed by atoms with Gasteiger partial charge in [0.15, 0.2) is 5.13 Å². The van der Waals surface area contributed by atoms with Gasteiger partial charge in [-0.3, -0.25) is 14.4 Å². The summed E-state index contributed by atoms with van der Waals surface area (Å²) in [6, 6.07) is 11.5. The average Bonchev–Trinajstić information content (AvgIpc) is 3.43. The van der Waals surface area contributed by atoms with E-state index in [9.17, 15) is 4.79 Å². The van der Waals surface area contributed by atoms with Gasteiger partial charge in [0.25, 0.3) is 5.91 Å². The second-order valence-corrected chi connectivity index (χ2v) is 7.69. The Kier molecular flexibility index (Phi) is 5.17. The molecule has 0 spiro atoms. The fraction of sp³-hybridized carbons (Fsp3) is 0.211. The molecule has 0 saturated heterocycles. The van der Waals surface area contributed by atoms with E-state index in [0.29, 0.717) is 29.7 Å². The van der Waals surface area contributed by atoms with E-state index >= 15 is 0 Å². The molecule has 0 aliphatic carbocycles. The molecule has 0 aliphatic heterocycles. The molecule has 138 valence electrons. The summed E-state index contributed by atoms with van der Waals surface area (Å²) in [6.45, 7) is 3.60. The second-order valence-electron chi connectivity index (χ2n) is 5.74. The quantitative estimate of drug-likeness (QED) is 0.466. The number of carbonyl (C=O) groups is 1. The molecule has 0 atom stereocenters. The minimum Gasteiger partial charge on any atom is -0.492 e. The summed E-state index contributed by atoms with van der Waals surface area (Å²) in [6.07, 6.45) is 3.62. The number of amides is 1. The van der Waals surface area contributed by atoms with Crippen LogP contribution < -0.4 is 9.64 Å². The molecule has 3 heterocycles. The molecule has 0 fully saturated rings. The largest absolute Gasteiger partial charge is 0.492 e. The van der Waals surface area contributed by atoms with E-state index in [1.165, 1.54) is 22.7 Å². The summed E-state index contributed by atoms with van der Waals surface area (Å²) in [5.74, 6) is 0.697. The summed E-state index contributed by atoms with van der Waals surface area (Å²) in [5.41, 5.74) is 0.794. The lowest BCUT2D eigenvalue weighted by Gasteiger charge is -2.19. The van der Waals surface area contributed by atoms with Crippen molar-refractivity contribution in [3.05, 3.63) is 59.0 Å². The molecule has 3 aromatic heterocycles. The third-order valence-corrected chi connectivity index (χ3v) is 5.89. The molecule has 6 nitrogen and oxygen atoms in total. The van der Waals surface area contributed by atoms with Gasteiger partial charge in [0.1, 0.15) is 11.3 Å². The first-order valence-electron chi connectivity index (χ1n) is 8.61. The van der Waals surface area contributed by atoms with Crippen LogP contribution in [0.25, 0.3) is 10.2 Å². The lowest BCUT2D eigenvalue weighted by atomic mass is 10.3. The molecule has 0 N–H and O–H groups in total. The molecule has 0 aliphatic rings. The summed E-state index contributed by atoms with van der Waals surface area (Å²) >= 11 is 2.93. The first-order valence-corrected chi connectivity index (χ1v) is 10.3. The Morgan fingerprint density at radius 1 is 1.26 bits per heavy atom. The maximum atomic E-state index is 13.1. The maximum Gasteiger partial charge on any atom is 0.270 e. The number of aromatic nitrogens is 3. The molecule has 0 radical (unpaired) electrons. The van der Waals surface area contributed by atoms with Crippen molar-refractivity contribution in [3.8, 4) is 5.75 Å². The first kappa shape index (κ1) is 17.7. The van der Waals surface area contributed by atoms with E-state index in [2.05, 4.69) is 5.10 Å². The highest BCUT2D eigenvalue weighted by molar-refractivity contribution is 7.22. The van der Waals surface area contributed by atoms with Gasteiger partial charge in [0.05, 0.1) is 22.7 Å². The standard InChI is InChI=1S/C19H18N4O2S2/c1-2-25-14-6-3-7-15-17(14)21-19(27-15)23(12-11-22-10-5-9-20-22)18(24)16-8-4-13-26-16/h3-10,13H,2,11-12H2,1H3. The summed E-state index contributed by atoms with van der Waals surface area (Å²) in [5, 5.41) is 6.81. The molecule has 8 heteroatoms. The van der Waals surface area contributed by atoms with Gasteiger partial charge < -0.3 is 4.74 Å². The van der Waals surface area contributed by atoms with Crippen LogP contribution in [0.2, 0.25) is 0 Å². The summed E-state index contributed by atoms with van der Waals surface area (Å²) in [7, 11) is 0. The Labute approximate surface area is 164 Å². The third kappa shape index (κ3) is 3.72. The van der Waals surface area contributed by atoms with Crippen LogP contribution in [0, 0.1) is 0 Å². The number of hydrogen-bond donors (Lipinski definition) is 0. The molecule has 27 heavy (non-hydrogen) atoms. The molecular weight excluding hydrogens is 380 g/mol. The number of thiophene rings is 1. The van der Waals surface area contributed by atoms with E-state index in [0.717, 1.165) is 16.0 Å². The predicted octanol–water partition coefficient (Wildman–Crippen LogP) is 4.30. The van der Waals surface area contributed by atoms with Crippen LogP contribution in [-0.4, -0.2) is 33.8 Å². The van der Waals surface area contributed by atoms with Crippen molar-refractivity contribution in [1.82, 2.24) is 14.8 Å². The van der Waals surface area contributed by atoms with Gasteiger partial charge >= 0.3 is 0 Å². The van der Waals surface area contributed by atoms with Crippen molar-refractivity contribution < 1.29 is 9.53 Å². The molecule has 4 aromatic rings. The Morgan fingerprint density at radius 2 is 2.19 bits per heavy atom. The van der Waals surface area contributed by atoms with Gasteiger partial charge in [-0.15, -0.1) is 11.3 Å². The number of para-hydroxylation sites is 1. The van der Waals surface area contributed by atoms with Crippen molar-refractivity contribution in [1.29, 1.82) is 0 Å². The van der Waals surface area contributed by atoms with Crippen LogP contribution in [0.1, 0.15) is 16.6 Å². The molecule has 0 unspecified atom stereocenters. The number of anilines is 1. The van der Waals surface area contributed by atoms with Crippen LogP contribution in [0.3, 0.4) is 0 Å². The number of benzene rings is 1. The van der Waals surface area contributed by atoms with Gasteiger partial charge in [-0.05, 0) is 36.6 Å². The smallest absolute Gasteiger partial charge is 0.270 e. The van der Waals surface area contributed by atoms with Gasteiger partial charge in [-0.2, -0.15) is 5.10 Å². The van der Waals surface area contributed by atoms with Crippen molar-refractivity contribution >= 4 is 43.9 Å². The molecule has 0 bridgehead atoms. The number of nitrogens with zero attached hydrogens (tertiary/aromatic N) is 4. The van der Waals surface area contributed by atoms with E-state index in [-0.39, 0.29) is 5.91 Å². The molecule has 0 saturated carbocycles. The van der Waals surface area contributed by atoms with Crippen molar-refractivity contribution in [2.24, 2.45) is 0 Å². The highest BCUT2D eigenvalue weighted by Gasteiger charge is 2.23. The monoisotopic (exact) mass is 398 g/mol. The lowest BCUT2D eigenvalue weighted by molar-refractivity contribution is 0.0989. The fourth-order valence-corrected chi connectivity index (χ4v) is 4.43. The zero-order valence-corrected chi connectivity index (χ0v) is 16.4. The zero-order chi connectivity index (χ0) is 18.6. The van der Waals surface area contributed by atoms with E-state index in [1.54, 1.807) is 11.1 Å². The Hall–Kier alpha value is -2.71. The van der Waals surface area contributed by atoms with Gasteiger partial charge in [-0.25, -0.2) is 4.98 Å². The highest BCUT2D eigenvalue weighted by Crippen LogP contribution is 2.35.